The summed E-state index contributed by atoms with van der Waals surface area (Å²) in [5, 5.41) is 9.24. The first kappa shape index (κ1) is 14.3. The van der Waals surface area contributed by atoms with Crippen LogP contribution in [0.15, 0.2) is 24.3 Å². The van der Waals surface area contributed by atoms with Gasteiger partial charge in [-0.05, 0) is 38.8 Å². The number of nitrogens with zero attached hydrogens (tertiary/aromatic N) is 2. The monoisotopic (exact) mass is 270 g/mol. The molecule has 0 saturated heterocycles. The maximum absolute atomic E-state index is 12.7. The highest BCUT2D eigenvalue weighted by molar-refractivity contribution is 6.22. The molecule has 1 heterocycles. The molecule has 0 bridgehead atoms. The zero-order valence-corrected chi connectivity index (χ0v) is 12.2. The van der Waals surface area contributed by atoms with Crippen LogP contribution in [0.4, 0.5) is 5.69 Å². The minimum Gasteiger partial charge on any atom is -0.274 e. The third kappa shape index (κ3) is 2.00. The predicted octanol–water partition coefficient (Wildman–Crippen LogP) is 2.78. The molecule has 0 aromatic heterocycles. The summed E-state index contributed by atoms with van der Waals surface area (Å²) in [6.07, 6.45) is 0.385. The standard InChI is InChI=1S/C16H18N2O2/c1-11(19)18-13-8-6-5-7-12(13)16(4,14(18)20)9-15(2,3)10-17/h5-8H,9H2,1-4H3. The molecule has 1 aliphatic rings. The quantitative estimate of drug-likeness (QED) is 0.830. The maximum Gasteiger partial charge on any atom is 0.244 e. The van der Waals surface area contributed by atoms with Gasteiger partial charge in [0.15, 0.2) is 0 Å². The lowest BCUT2D eigenvalue weighted by Crippen LogP contribution is -2.42. The third-order valence-electron chi connectivity index (χ3n) is 3.83. The summed E-state index contributed by atoms with van der Waals surface area (Å²) < 4.78 is 0. The average Bonchev–Trinajstić information content (AvgIpc) is 2.59. The molecular weight excluding hydrogens is 252 g/mol. The van der Waals surface area contributed by atoms with Gasteiger partial charge in [-0.15, -0.1) is 0 Å². The molecule has 1 aromatic carbocycles. The van der Waals surface area contributed by atoms with Crippen molar-refractivity contribution in [1.82, 2.24) is 0 Å². The van der Waals surface area contributed by atoms with Crippen LogP contribution in [0, 0.1) is 16.7 Å². The number of amides is 2. The molecule has 0 radical (unpaired) electrons. The summed E-state index contributed by atoms with van der Waals surface area (Å²) in [5.74, 6) is -0.532. The highest BCUT2D eigenvalue weighted by atomic mass is 16.2. The van der Waals surface area contributed by atoms with Crippen LogP contribution < -0.4 is 4.90 Å². The molecule has 104 valence electrons. The van der Waals surface area contributed by atoms with Crippen LogP contribution in [0.3, 0.4) is 0 Å². The molecule has 0 fully saturated rings. The molecule has 1 aromatic rings. The van der Waals surface area contributed by atoms with Gasteiger partial charge in [0.25, 0.3) is 0 Å². The van der Waals surface area contributed by atoms with E-state index in [9.17, 15) is 14.9 Å². The second-order valence-electron chi connectivity index (χ2n) is 6.18. The Bertz CT molecular complexity index is 628. The lowest BCUT2D eigenvalue weighted by molar-refractivity contribution is -0.128. The van der Waals surface area contributed by atoms with E-state index < -0.39 is 10.8 Å². The van der Waals surface area contributed by atoms with E-state index in [0.717, 1.165) is 5.56 Å². The Morgan fingerprint density at radius 3 is 2.55 bits per heavy atom. The summed E-state index contributed by atoms with van der Waals surface area (Å²) in [6, 6.07) is 9.54. The van der Waals surface area contributed by atoms with Gasteiger partial charge in [0, 0.05) is 6.92 Å². The van der Waals surface area contributed by atoms with Crippen LogP contribution >= 0.6 is 0 Å². The van der Waals surface area contributed by atoms with Crippen LogP contribution in [0.1, 0.15) is 39.7 Å². The fourth-order valence-electron chi connectivity index (χ4n) is 3.01. The predicted molar refractivity (Wildman–Crippen MR) is 76.0 cm³/mol. The lowest BCUT2D eigenvalue weighted by atomic mass is 9.71. The van der Waals surface area contributed by atoms with E-state index in [1.807, 2.05) is 39.0 Å². The number of hydrogen-bond acceptors (Lipinski definition) is 3. The van der Waals surface area contributed by atoms with Crippen molar-refractivity contribution in [3.63, 3.8) is 0 Å². The fourth-order valence-corrected chi connectivity index (χ4v) is 3.01. The molecule has 2 amide bonds. The molecule has 4 heteroatoms. The van der Waals surface area contributed by atoms with Gasteiger partial charge in [-0.3, -0.25) is 9.59 Å². The molecule has 2 rings (SSSR count). The number of anilines is 1. The van der Waals surface area contributed by atoms with Crippen molar-refractivity contribution in [2.45, 2.75) is 39.5 Å². The van der Waals surface area contributed by atoms with Crippen LogP contribution in [-0.2, 0) is 15.0 Å². The number of carbonyl (C=O) groups is 2. The summed E-state index contributed by atoms with van der Waals surface area (Å²) >= 11 is 0. The molecule has 1 aliphatic heterocycles. The van der Waals surface area contributed by atoms with Gasteiger partial charge in [0.1, 0.15) is 0 Å². The van der Waals surface area contributed by atoms with Gasteiger partial charge in [0.2, 0.25) is 11.8 Å². The largest absolute Gasteiger partial charge is 0.274 e. The van der Waals surface area contributed by atoms with E-state index in [0.29, 0.717) is 12.1 Å². The Balaban J connectivity index is 2.59. The molecular formula is C16H18N2O2. The smallest absolute Gasteiger partial charge is 0.244 e. The number of imide groups is 1. The van der Waals surface area contributed by atoms with E-state index in [-0.39, 0.29) is 11.8 Å². The molecule has 0 aliphatic carbocycles. The van der Waals surface area contributed by atoms with Gasteiger partial charge in [-0.25, -0.2) is 4.90 Å². The number of para-hydroxylation sites is 1. The van der Waals surface area contributed by atoms with E-state index in [2.05, 4.69) is 6.07 Å². The maximum atomic E-state index is 12.7. The fraction of sp³-hybridized carbons (Fsp3) is 0.438. The van der Waals surface area contributed by atoms with E-state index >= 15 is 0 Å². The summed E-state index contributed by atoms with van der Waals surface area (Å²) in [5.41, 5.74) is -0.00371. The van der Waals surface area contributed by atoms with Gasteiger partial charge in [-0.2, -0.15) is 5.26 Å². The van der Waals surface area contributed by atoms with Gasteiger partial charge < -0.3 is 0 Å². The van der Waals surface area contributed by atoms with E-state index in [1.54, 1.807) is 6.07 Å². The Kier molecular flexibility index (Phi) is 3.17. The second kappa shape index (κ2) is 4.45. The molecule has 1 unspecified atom stereocenters. The lowest BCUT2D eigenvalue weighted by Gasteiger charge is -2.29. The van der Waals surface area contributed by atoms with Crippen molar-refractivity contribution in [3.8, 4) is 6.07 Å². The van der Waals surface area contributed by atoms with Crippen LogP contribution in [-0.4, -0.2) is 11.8 Å². The van der Waals surface area contributed by atoms with Crippen molar-refractivity contribution in [3.05, 3.63) is 29.8 Å². The molecule has 20 heavy (non-hydrogen) atoms. The van der Waals surface area contributed by atoms with Crippen molar-refractivity contribution in [1.29, 1.82) is 5.26 Å². The first-order chi connectivity index (χ1) is 9.23. The molecule has 0 saturated carbocycles. The number of hydrogen-bond donors (Lipinski definition) is 0. The van der Waals surface area contributed by atoms with Gasteiger partial charge >= 0.3 is 0 Å². The number of benzene rings is 1. The first-order valence-corrected chi connectivity index (χ1v) is 6.59. The number of fused-ring (bicyclic) bond motifs is 1. The third-order valence-corrected chi connectivity index (χ3v) is 3.83. The topological polar surface area (TPSA) is 61.2 Å². The highest BCUT2D eigenvalue weighted by Gasteiger charge is 2.50. The second-order valence-corrected chi connectivity index (χ2v) is 6.18. The first-order valence-electron chi connectivity index (χ1n) is 6.59. The number of nitriles is 1. The van der Waals surface area contributed by atoms with Crippen LogP contribution in [0.2, 0.25) is 0 Å². The highest BCUT2D eigenvalue weighted by Crippen LogP contribution is 2.47. The molecule has 0 spiro atoms. The van der Waals surface area contributed by atoms with Gasteiger partial charge in [-0.1, -0.05) is 18.2 Å². The Labute approximate surface area is 119 Å². The SMILES string of the molecule is CC(=O)N1C(=O)C(C)(CC(C)(C)C#N)c2ccccc21. The molecule has 4 nitrogen and oxygen atoms in total. The van der Waals surface area contributed by atoms with Crippen molar-refractivity contribution < 1.29 is 9.59 Å². The van der Waals surface area contributed by atoms with E-state index in [4.69, 9.17) is 0 Å². The number of rotatable bonds is 2. The average molecular weight is 270 g/mol. The van der Waals surface area contributed by atoms with Crippen molar-refractivity contribution >= 4 is 17.5 Å². The van der Waals surface area contributed by atoms with Crippen LogP contribution in [0.25, 0.3) is 0 Å². The Morgan fingerprint density at radius 1 is 1.40 bits per heavy atom. The zero-order valence-electron chi connectivity index (χ0n) is 12.2. The zero-order chi connectivity index (χ0) is 15.1. The van der Waals surface area contributed by atoms with Crippen LogP contribution in [0.5, 0.6) is 0 Å². The summed E-state index contributed by atoms with van der Waals surface area (Å²) in [7, 11) is 0. The summed E-state index contributed by atoms with van der Waals surface area (Å²) in [4.78, 5) is 25.7. The molecule has 0 N–H and O–H groups in total. The normalized spacial score (nSPS) is 21.6. The molecule has 1 atom stereocenters. The minimum absolute atomic E-state index is 0.241. The van der Waals surface area contributed by atoms with Gasteiger partial charge in [0.05, 0.1) is 22.6 Å². The minimum atomic E-state index is -0.832. The Hall–Kier alpha value is -2.15. The number of carbonyl (C=O) groups excluding carboxylic acids is 2. The Morgan fingerprint density at radius 2 is 2.00 bits per heavy atom. The van der Waals surface area contributed by atoms with E-state index in [1.165, 1.54) is 11.8 Å². The van der Waals surface area contributed by atoms with Crippen molar-refractivity contribution in [2.75, 3.05) is 4.90 Å². The summed E-state index contributed by atoms with van der Waals surface area (Å²) in [6.45, 7) is 6.82. The van der Waals surface area contributed by atoms with Crippen molar-refractivity contribution in [2.24, 2.45) is 5.41 Å².